The molecule has 2 aromatic rings. The summed E-state index contributed by atoms with van der Waals surface area (Å²) < 4.78 is 39.4. The van der Waals surface area contributed by atoms with Crippen molar-refractivity contribution in [3.05, 3.63) is 65.5 Å². The van der Waals surface area contributed by atoms with Gasteiger partial charge in [0.2, 0.25) is 5.91 Å². The van der Waals surface area contributed by atoms with E-state index in [9.17, 15) is 18.0 Å². The van der Waals surface area contributed by atoms with Crippen LogP contribution in [0.3, 0.4) is 0 Å². The first-order valence-corrected chi connectivity index (χ1v) is 8.74. The molecule has 2 aromatic carbocycles. The molecule has 1 unspecified atom stereocenters. The highest BCUT2D eigenvalue weighted by molar-refractivity contribution is 5.90. The summed E-state index contributed by atoms with van der Waals surface area (Å²) in [6.45, 7) is 1.48. The number of nitrogens with one attached hydrogen (secondary N) is 1. The van der Waals surface area contributed by atoms with Crippen molar-refractivity contribution in [2.45, 2.75) is 31.7 Å². The minimum atomic E-state index is -0.988. The molecule has 0 spiro atoms. The first kappa shape index (κ1) is 18.5. The second kappa shape index (κ2) is 8.36. The number of rotatable bonds is 6. The summed E-state index contributed by atoms with van der Waals surface area (Å²) >= 11 is 0. The fraction of sp³-hybridized carbons (Fsp3) is 0.350. The van der Waals surface area contributed by atoms with Crippen LogP contribution in [0, 0.1) is 17.5 Å². The predicted molar refractivity (Wildman–Crippen MR) is 94.3 cm³/mol. The number of hydrogen-bond acceptors (Lipinski definition) is 2. The lowest BCUT2D eigenvalue weighted by Gasteiger charge is -2.24. The van der Waals surface area contributed by atoms with Crippen LogP contribution in [0.4, 0.5) is 18.9 Å². The molecule has 0 radical (unpaired) electrons. The van der Waals surface area contributed by atoms with E-state index in [0.717, 1.165) is 43.5 Å². The number of halogens is 3. The summed E-state index contributed by atoms with van der Waals surface area (Å²) in [6.07, 6.45) is 3.08. The SMILES string of the molecule is O=C(CCN1CCCC1Cc1cccc(F)c1)Nc1ccc(F)c(F)c1. The van der Waals surface area contributed by atoms with E-state index in [0.29, 0.717) is 6.54 Å². The minimum Gasteiger partial charge on any atom is -0.326 e. The molecule has 1 aliphatic rings. The van der Waals surface area contributed by atoms with Crippen LogP contribution in [0.5, 0.6) is 0 Å². The van der Waals surface area contributed by atoms with Crippen LogP contribution >= 0.6 is 0 Å². The van der Waals surface area contributed by atoms with Gasteiger partial charge in [-0.1, -0.05) is 12.1 Å². The standard InChI is InChI=1S/C20H21F3N2O/c21-15-4-1-3-14(11-15)12-17-5-2-9-25(17)10-8-20(26)24-16-6-7-18(22)19(23)13-16/h1,3-4,6-7,11,13,17H,2,5,8-10,12H2,(H,24,26). The Morgan fingerprint density at radius 2 is 1.96 bits per heavy atom. The highest BCUT2D eigenvalue weighted by Crippen LogP contribution is 2.22. The Bertz CT molecular complexity index is 781. The van der Waals surface area contributed by atoms with Crippen LogP contribution in [-0.2, 0) is 11.2 Å². The smallest absolute Gasteiger partial charge is 0.225 e. The van der Waals surface area contributed by atoms with Crippen LogP contribution < -0.4 is 5.32 Å². The van der Waals surface area contributed by atoms with Crippen LogP contribution in [0.25, 0.3) is 0 Å². The highest BCUT2D eigenvalue weighted by Gasteiger charge is 2.25. The van der Waals surface area contributed by atoms with E-state index in [-0.39, 0.29) is 29.9 Å². The summed E-state index contributed by atoms with van der Waals surface area (Å²) in [5.41, 5.74) is 1.19. The van der Waals surface area contributed by atoms with Crippen molar-refractivity contribution in [1.82, 2.24) is 4.90 Å². The van der Waals surface area contributed by atoms with Crippen molar-refractivity contribution in [3.63, 3.8) is 0 Å². The molecule has 0 bridgehead atoms. The molecule has 1 aliphatic heterocycles. The maximum Gasteiger partial charge on any atom is 0.225 e. The van der Waals surface area contributed by atoms with Gasteiger partial charge in [0, 0.05) is 30.8 Å². The third kappa shape index (κ3) is 4.85. The average Bonchev–Trinajstić information content (AvgIpc) is 3.03. The van der Waals surface area contributed by atoms with E-state index in [1.165, 1.54) is 12.1 Å². The number of amides is 1. The maximum atomic E-state index is 13.3. The second-order valence-electron chi connectivity index (χ2n) is 6.59. The molecule has 26 heavy (non-hydrogen) atoms. The molecule has 3 nitrogen and oxygen atoms in total. The Hall–Kier alpha value is -2.34. The van der Waals surface area contributed by atoms with Gasteiger partial charge >= 0.3 is 0 Å². The monoisotopic (exact) mass is 362 g/mol. The number of carbonyl (C=O) groups is 1. The molecule has 0 aromatic heterocycles. The number of hydrogen-bond donors (Lipinski definition) is 1. The van der Waals surface area contributed by atoms with Crippen LogP contribution in [0.2, 0.25) is 0 Å². The minimum absolute atomic E-state index is 0.238. The molecule has 0 saturated carbocycles. The third-order valence-electron chi connectivity index (χ3n) is 4.69. The molecule has 1 fully saturated rings. The zero-order valence-electron chi connectivity index (χ0n) is 14.4. The lowest BCUT2D eigenvalue weighted by Crippen LogP contribution is -2.33. The van der Waals surface area contributed by atoms with Crippen LogP contribution in [0.15, 0.2) is 42.5 Å². The van der Waals surface area contributed by atoms with Gasteiger partial charge in [0.1, 0.15) is 5.82 Å². The van der Waals surface area contributed by atoms with Crippen molar-refractivity contribution < 1.29 is 18.0 Å². The fourth-order valence-corrected chi connectivity index (χ4v) is 3.40. The van der Waals surface area contributed by atoms with Crippen molar-refractivity contribution in [1.29, 1.82) is 0 Å². The number of likely N-dealkylation sites (tertiary alicyclic amines) is 1. The van der Waals surface area contributed by atoms with Gasteiger partial charge in [0.05, 0.1) is 0 Å². The largest absolute Gasteiger partial charge is 0.326 e. The van der Waals surface area contributed by atoms with Gasteiger partial charge in [-0.2, -0.15) is 0 Å². The molecule has 0 aliphatic carbocycles. The molecule has 1 heterocycles. The molecule has 3 rings (SSSR count). The Morgan fingerprint density at radius 1 is 1.12 bits per heavy atom. The molecule has 138 valence electrons. The first-order valence-electron chi connectivity index (χ1n) is 8.74. The number of anilines is 1. The number of nitrogens with zero attached hydrogens (tertiary/aromatic N) is 1. The van der Waals surface area contributed by atoms with E-state index >= 15 is 0 Å². The molecule has 1 amide bonds. The zero-order valence-corrected chi connectivity index (χ0v) is 14.4. The summed E-state index contributed by atoms with van der Waals surface area (Å²) in [7, 11) is 0. The Kier molecular flexibility index (Phi) is 5.93. The molecule has 1 N–H and O–H groups in total. The molecule has 1 atom stereocenters. The van der Waals surface area contributed by atoms with Crippen molar-refractivity contribution in [2.75, 3.05) is 18.4 Å². The third-order valence-corrected chi connectivity index (χ3v) is 4.69. The van der Waals surface area contributed by atoms with Gasteiger partial charge in [-0.25, -0.2) is 13.2 Å². The lowest BCUT2D eigenvalue weighted by molar-refractivity contribution is -0.116. The van der Waals surface area contributed by atoms with Gasteiger partial charge in [-0.3, -0.25) is 9.69 Å². The van der Waals surface area contributed by atoms with Crippen molar-refractivity contribution in [3.8, 4) is 0 Å². The Balaban J connectivity index is 1.51. The summed E-state index contributed by atoms with van der Waals surface area (Å²) in [5.74, 6) is -2.41. The molecule has 6 heteroatoms. The summed E-state index contributed by atoms with van der Waals surface area (Å²) in [5, 5.41) is 2.58. The summed E-state index contributed by atoms with van der Waals surface area (Å²) in [6, 6.07) is 10.2. The van der Waals surface area contributed by atoms with E-state index in [4.69, 9.17) is 0 Å². The molecular weight excluding hydrogens is 341 g/mol. The van der Waals surface area contributed by atoms with Crippen molar-refractivity contribution >= 4 is 11.6 Å². The lowest BCUT2D eigenvalue weighted by atomic mass is 10.0. The first-order chi connectivity index (χ1) is 12.5. The zero-order chi connectivity index (χ0) is 18.5. The van der Waals surface area contributed by atoms with E-state index in [1.807, 2.05) is 6.07 Å². The van der Waals surface area contributed by atoms with Gasteiger partial charge in [-0.05, 0) is 55.6 Å². The molecule has 1 saturated heterocycles. The summed E-state index contributed by atoms with van der Waals surface area (Å²) in [4.78, 5) is 14.3. The van der Waals surface area contributed by atoms with Crippen LogP contribution in [-0.4, -0.2) is 29.9 Å². The van der Waals surface area contributed by atoms with E-state index in [1.54, 1.807) is 12.1 Å². The Labute approximate surface area is 150 Å². The van der Waals surface area contributed by atoms with Crippen molar-refractivity contribution in [2.24, 2.45) is 0 Å². The van der Waals surface area contributed by atoms with Crippen LogP contribution in [0.1, 0.15) is 24.8 Å². The second-order valence-corrected chi connectivity index (χ2v) is 6.59. The highest BCUT2D eigenvalue weighted by atomic mass is 19.2. The Morgan fingerprint density at radius 3 is 2.73 bits per heavy atom. The van der Waals surface area contributed by atoms with Gasteiger partial charge < -0.3 is 5.32 Å². The number of benzene rings is 2. The van der Waals surface area contributed by atoms with Gasteiger partial charge in [0.25, 0.3) is 0 Å². The average molecular weight is 362 g/mol. The predicted octanol–water partition coefficient (Wildman–Crippen LogP) is 4.14. The normalized spacial score (nSPS) is 17.4. The van der Waals surface area contributed by atoms with E-state index < -0.39 is 11.6 Å². The number of carbonyl (C=O) groups excluding carboxylic acids is 1. The van der Waals surface area contributed by atoms with Gasteiger partial charge in [0.15, 0.2) is 11.6 Å². The van der Waals surface area contributed by atoms with Gasteiger partial charge in [-0.15, -0.1) is 0 Å². The molecular formula is C20H21F3N2O. The maximum absolute atomic E-state index is 13.3. The topological polar surface area (TPSA) is 32.3 Å². The van der Waals surface area contributed by atoms with E-state index in [2.05, 4.69) is 10.2 Å². The fourth-order valence-electron chi connectivity index (χ4n) is 3.40. The quantitative estimate of drug-likeness (QED) is 0.838.